The first-order valence-corrected chi connectivity index (χ1v) is 12.0. The van der Waals surface area contributed by atoms with Crippen LogP contribution in [0.15, 0.2) is 36.4 Å². The van der Waals surface area contributed by atoms with Crippen molar-refractivity contribution >= 4 is 21.6 Å². The van der Waals surface area contributed by atoms with E-state index in [1.807, 2.05) is 13.8 Å². The Morgan fingerprint density at radius 3 is 2.19 bits per heavy atom. The van der Waals surface area contributed by atoms with Crippen molar-refractivity contribution in [3.05, 3.63) is 53.6 Å². The molecule has 1 amide bonds. The van der Waals surface area contributed by atoms with E-state index in [9.17, 15) is 22.0 Å². The Balaban J connectivity index is 2.27. The maximum atomic E-state index is 13.7. The van der Waals surface area contributed by atoms with Crippen LogP contribution in [0.3, 0.4) is 0 Å². The second kappa shape index (κ2) is 10.6. The van der Waals surface area contributed by atoms with Crippen LogP contribution in [0, 0.1) is 11.6 Å². The van der Waals surface area contributed by atoms with Crippen molar-refractivity contribution in [3.63, 3.8) is 0 Å². The molecule has 0 saturated carbocycles. The predicted molar refractivity (Wildman–Crippen MR) is 118 cm³/mol. The van der Waals surface area contributed by atoms with Crippen molar-refractivity contribution in [2.24, 2.45) is 0 Å². The van der Waals surface area contributed by atoms with Gasteiger partial charge in [0.1, 0.15) is 6.04 Å². The number of rotatable bonds is 10. The lowest BCUT2D eigenvalue weighted by atomic mass is 10.1. The van der Waals surface area contributed by atoms with E-state index in [1.54, 1.807) is 25.1 Å². The highest BCUT2D eigenvalue weighted by Crippen LogP contribution is 2.31. The second-order valence-corrected chi connectivity index (χ2v) is 9.00. The topological polar surface area (TPSA) is 84.9 Å². The van der Waals surface area contributed by atoms with Crippen LogP contribution < -0.4 is 19.1 Å². The van der Waals surface area contributed by atoms with Crippen LogP contribution in [-0.4, -0.2) is 39.8 Å². The van der Waals surface area contributed by atoms with Gasteiger partial charge in [-0.2, -0.15) is 0 Å². The second-order valence-electron chi connectivity index (χ2n) is 7.14. The number of anilines is 1. The Labute approximate surface area is 187 Å². The van der Waals surface area contributed by atoms with Gasteiger partial charge in [0.05, 0.1) is 31.2 Å². The van der Waals surface area contributed by atoms with Gasteiger partial charge < -0.3 is 14.8 Å². The van der Waals surface area contributed by atoms with E-state index in [0.29, 0.717) is 24.7 Å². The predicted octanol–water partition coefficient (Wildman–Crippen LogP) is 3.79. The van der Waals surface area contributed by atoms with Crippen molar-refractivity contribution in [2.75, 3.05) is 23.8 Å². The summed E-state index contributed by atoms with van der Waals surface area (Å²) in [6.07, 6.45) is 0.891. The summed E-state index contributed by atoms with van der Waals surface area (Å²) in [7, 11) is -3.97. The minimum Gasteiger partial charge on any atom is -0.490 e. The molecule has 0 aliphatic carbocycles. The fourth-order valence-corrected chi connectivity index (χ4v) is 4.35. The first-order valence-electron chi connectivity index (χ1n) is 10.1. The molecule has 0 aromatic heterocycles. The average Bonchev–Trinajstić information content (AvgIpc) is 2.71. The molecule has 0 spiro atoms. The number of hydrogen-bond donors (Lipinski definition) is 1. The number of halogens is 2. The molecule has 1 N–H and O–H groups in total. The van der Waals surface area contributed by atoms with Gasteiger partial charge in [-0.15, -0.1) is 0 Å². The zero-order valence-electron chi connectivity index (χ0n) is 18.7. The van der Waals surface area contributed by atoms with E-state index >= 15 is 0 Å². The minimum atomic E-state index is -3.97. The van der Waals surface area contributed by atoms with Gasteiger partial charge >= 0.3 is 0 Å². The number of sulfonamides is 1. The summed E-state index contributed by atoms with van der Waals surface area (Å²) in [4.78, 5) is 12.9. The zero-order valence-corrected chi connectivity index (χ0v) is 19.5. The van der Waals surface area contributed by atoms with Gasteiger partial charge in [0.25, 0.3) is 0 Å². The van der Waals surface area contributed by atoms with Gasteiger partial charge in [-0.1, -0.05) is 6.07 Å². The molecule has 2 atom stereocenters. The lowest BCUT2D eigenvalue weighted by Crippen LogP contribution is -2.48. The Morgan fingerprint density at radius 2 is 1.62 bits per heavy atom. The van der Waals surface area contributed by atoms with Crippen molar-refractivity contribution in [2.45, 2.75) is 39.8 Å². The quantitative estimate of drug-likeness (QED) is 0.571. The van der Waals surface area contributed by atoms with E-state index in [-0.39, 0.29) is 5.69 Å². The summed E-state index contributed by atoms with van der Waals surface area (Å²) in [5, 5.41) is 2.76. The normalized spacial score (nSPS) is 13.2. The van der Waals surface area contributed by atoms with Crippen LogP contribution in [0.4, 0.5) is 14.5 Å². The van der Waals surface area contributed by atoms with Gasteiger partial charge in [-0.05, 0) is 57.5 Å². The molecule has 32 heavy (non-hydrogen) atoms. The highest BCUT2D eigenvalue weighted by Gasteiger charge is 2.30. The Kier molecular flexibility index (Phi) is 8.43. The lowest BCUT2D eigenvalue weighted by Gasteiger charge is -2.29. The van der Waals surface area contributed by atoms with Gasteiger partial charge in [0.15, 0.2) is 23.1 Å². The van der Waals surface area contributed by atoms with Crippen molar-refractivity contribution in [1.82, 2.24) is 5.32 Å². The molecule has 0 unspecified atom stereocenters. The molecular weight excluding hydrogens is 442 g/mol. The number of carbonyl (C=O) groups is 1. The van der Waals surface area contributed by atoms with Crippen molar-refractivity contribution in [1.29, 1.82) is 0 Å². The first kappa shape index (κ1) is 25.4. The molecule has 0 aliphatic rings. The highest BCUT2D eigenvalue weighted by molar-refractivity contribution is 7.92. The van der Waals surface area contributed by atoms with E-state index in [2.05, 4.69) is 5.32 Å². The number of nitrogens with one attached hydrogen (secondary N) is 1. The van der Waals surface area contributed by atoms with Crippen LogP contribution in [0.2, 0.25) is 0 Å². The van der Waals surface area contributed by atoms with Crippen LogP contribution in [-0.2, 0) is 14.8 Å². The fraction of sp³-hybridized carbons (Fsp3) is 0.409. The SMILES string of the molecule is CCOc1ccc([C@H](C)NC(=O)[C@H](C)N(c2ccc(F)c(F)c2)S(C)(=O)=O)cc1OCC. The molecular formula is C22H28F2N2O5S. The molecule has 2 rings (SSSR count). The standard InChI is InChI=1S/C22H28F2N2O5S/c1-6-30-20-11-8-16(12-21(20)31-7-2)14(3)25-22(27)15(4)26(32(5,28)29)17-9-10-18(23)19(24)13-17/h8-15H,6-7H2,1-5H3,(H,25,27)/t14-,15-/m0/s1. The zero-order chi connectivity index (χ0) is 24.1. The molecule has 0 radical (unpaired) electrons. The number of nitrogens with zero attached hydrogens (tertiary/aromatic N) is 1. The van der Waals surface area contributed by atoms with Gasteiger partial charge in [0, 0.05) is 6.07 Å². The Hall–Kier alpha value is -2.88. The van der Waals surface area contributed by atoms with Crippen LogP contribution in [0.25, 0.3) is 0 Å². The molecule has 0 aliphatic heterocycles. The van der Waals surface area contributed by atoms with E-state index in [1.165, 1.54) is 6.92 Å². The van der Waals surface area contributed by atoms with E-state index in [4.69, 9.17) is 9.47 Å². The summed E-state index contributed by atoms with van der Waals surface area (Å²) < 4.78 is 63.6. The molecule has 7 nitrogen and oxygen atoms in total. The smallest absolute Gasteiger partial charge is 0.244 e. The molecule has 0 bridgehead atoms. The number of benzene rings is 2. The molecule has 2 aromatic carbocycles. The maximum Gasteiger partial charge on any atom is 0.244 e. The third-order valence-corrected chi connectivity index (χ3v) is 5.91. The summed E-state index contributed by atoms with van der Waals surface area (Å²) in [5.74, 6) is -1.84. The first-order chi connectivity index (χ1) is 15.0. The van der Waals surface area contributed by atoms with Crippen LogP contribution >= 0.6 is 0 Å². The molecule has 10 heteroatoms. The molecule has 0 fully saturated rings. The Morgan fingerprint density at radius 1 is 1.00 bits per heavy atom. The maximum absolute atomic E-state index is 13.7. The average molecular weight is 471 g/mol. The summed E-state index contributed by atoms with van der Waals surface area (Å²) in [5.41, 5.74) is 0.567. The van der Waals surface area contributed by atoms with E-state index in [0.717, 1.165) is 34.3 Å². The monoisotopic (exact) mass is 470 g/mol. The number of hydrogen-bond acceptors (Lipinski definition) is 5. The third kappa shape index (κ3) is 6.09. The number of carbonyl (C=O) groups excluding carboxylic acids is 1. The lowest BCUT2D eigenvalue weighted by molar-refractivity contribution is -0.122. The number of ether oxygens (including phenoxy) is 2. The van der Waals surface area contributed by atoms with Crippen molar-refractivity contribution in [3.8, 4) is 11.5 Å². The third-order valence-electron chi connectivity index (χ3n) is 4.67. The molecule has 0 saturated heterocycles. The summed E-state index contributed by atoms with van der Waals surface area (Å²) in [6.45, 7) is 7.70. The highest BCUT2D eigenvalue weighted by atomic mass is 32.2. The fourth-order valence-electron chi connectivity index (χ4n) is 3.19. The van der Waals surface area contributed by atoms with Gasteiger partial charge in [-0.25, -0.2) is 17.2 Å². The van der Waals surface area contributed by atoms with Crippen LogP contribution in [0.1, 0.15) is 39.3 Å². The minimum absolute atomic E-state index is 0.151. The van der Waals surface area contributed by atoms with Gasteiger partial charge in [-0.3, -0.25) is 9.10 Å². The van der Waals surface area contributed by atoms with E-state index < -0.39 is 39.6 Å². The summed E-state index contributed by atoms with van der Waals surface area (Å²) in [6, 6.07) is 6.20. The molecule has 0 heterocycles. The molecule has 2 aromatic rings. The molecule has 176 valence electrons. The summed E-state index contributed by atoms with van der Waals surface area (Å²) >= 11 is 0. The van der Waals surface area contributed by atoms with Gasteiger partial charge in [0.2, 0.25) is 15.9 Å². The van der Waals surface area contributed by atoms with Crippen LogP contribution in [0.5, 0.6) is 11.5 Å². The Bertz CT molecular complexity index is 1060. The number of amides is 1. The largest absolute Gasteiger partial charge is 0.490 e. The van der Waals surface area contributed by atoms with Crippen molar-refractivity contribution < 1.29 is 31.5 Å².